The van der Waals surface area contributed by atoms with Gasteiger partial charge >= 0.3 is 4.84 Å². The van der Waals surface area contributed by atoms with Crippen LogP contribution in [-0.4, -0.2) is 8.63 Å². The largest absolute Gasteiger partial charge is 0.401 e. The molecule has 0 fully saturated rings. The van der Waals surface area contributed by atoms with Gasteiger partial charge in [0.05, 0.1) is 0 Å². The highest BCUT2D eigenvalue weighted by molar-refractivity contribution is 6.67. The molecule has 0 N–H and O–H groups in total. The van der Waals surface area contributed by atoms with Gasteiger partial charge in [-0.15, -0.1) is 0 Å². The Bertz CT molecular complexity index is 57.9. The Hall–Kier alpha value is 1.31. The summed E-state index contributed by atoms with van der Waals surface area (Å²) in [4.78, 5) is -3.56. The van der Waals surface area contributed by atoms with Crippen LogP contribution in [0.25, 0.3) is 0 Å². The van der Waals surface area contributed by atoms with Gasteiger partial charge in [-0.2, -0.15) is 8.78 Å². The summed E-state index contributed by atoms with van der Waals surface area (Å²) in [5.74, 6) is 0. The van der Waals surface area contributed by atoms with Gasteiger partial charge in [0.2, 0.25) is 0 Å². The van der Waals surface area contributed by atoms with Crippen molar-refractivity contribution in [2.24, 2.45) is 0 Å². The minimum Gasteiger partial charge on any atom is -0.172 e. The van der Waals surface area contributed by atoms with Gasteiger partial charge in [0, 0.05) is 0 Å². The highest BCUT2D eigenvalue weighted by Crippen LogP contribution is 2.23. The molecule has 0 aliphatic rings. The molecular formula is C3H3Cl5F2. The van der Waals surface area contributed by atoms with Gasteiger partial charge in [-0.25, -0.2) is 0 Å². The average molecular weight is 254 g/mol. The predicted molar refractivity (Wildman–Crippen MR) is 42.6 cm³/mol. The Morgan fingerprint density at radius 2 is 0.900 bits per heavy atom. The smallest absolute Gasteiger partial charge is 0.172 e. The third-order valence-corrected chi connectivity index (χ3v) is 0. The highest BCUT2D eigenvalue weighted by Gasteiger charge is 2.17. The van der Waals surface area contributed by atoms with E-state index < -0.39 is 8.63 Å². The van der Waals surface area contributed by atoms with E-state index in [-0.39, 0.29) is 0 Å². The Balaban J connectivity index is 0. The molecule has 0 bridgehead atoms. The van der Waals surface area contributed by atoms with Gasteiger partial charge in [-0.05, 0) is 30.1 Å². The van der Waals surface area contributed by atoms with Crippen molar-refractivity contribution in [3.63, 3.8) is 0 Å². The van der Waals surface area contributed by atoms with Gasteiger partial charge in [-0.1, -0.05) is 34.8 Å². The van der Waals surface area contributed by atoms with Crippen molar-refractivity contribution >= 4 is 58.0 Å². The monoisotopic (exact) mass is 252 g/mol. The van der Waals surface area contributed by atoms with Crippen molar-refractivity contribution < 1.29 is 8.78 Å². The first kappa shape index (κ1) is 13.9. The number of rotatable bonds is 0. The van der Waals surface area contributed by atoms with Gasteiger partial charge in [0.1, 0.15) is 0 Å². The topological polar surface area (TPSA) is 0 Å². The molecule has 0 spiro atoms. The molecule has 10 heavy (non-hydrogen) atoms. The van der Waals surface area contributed by atoms with E-state index in [4.69, 9.17) is 34.8 Å². The van der Waals surface area contributed by atoms with Crippen LogP contribution in [0.2, 0.25) is 0 Å². The van der Waals surface area contributed by atoms with E-state index in [1.54, 1.807) is 0 Å². The second-order valence-electron chi connectivity index (χ2n) is 1.21. The predicted octanol–water partition coefficient (Wildman–Crippen LogP) is 4.39. The lowest BCUT2D eigenvalue weighted by atomic mass is 10.9. The number of alkyl halides is 7. The lowest BCUT2D eigenvalue weighted by molar-refractivity contribution is 0.194. The molecule has 0 amide bonds. The maximum absolute atomic E-state index is 10.6. The van der Waals surface area contributed by atoms with Crippen LogP contribution in [0.15, 0.2) is 0 Å². The molecule has 0 saturated carbocycles. The Morgan fingerprint density at radius 3 is 0.900 bits per heavy atom. The lowest BCUT2D eigenvalue weighted by Crippen LogP contribution is -1.87. The first-order valence-electron chi connectivity index (χ1n) is 1.82. The van der Waals surface area contributed by atoms with Crippen LogP contribution in [-0.2, 0) is 0 Å². The maximum atomic E-state index is 10.6. The standard InChI is InChI=1S/C2H3Cl3.CCl2F2/c1-2(3,4)5;2-1(3,4)5/h1H3;. The fourth-order valence-corrected chi connectivity index (χ4v) is 0. The van der Waals surface area contributed by atoms with Crippen molar-refractivity contribution in [2.75, 3.05) is 0 Å². The van der Waals surface area contributed by atoms with Crippen LogP contribution in [0.5, 0.6) is 0 Å². The second-order valence-corrected chi connectivity index (χ2v) is 5.20. The fraction of sp³-hybridized carbons (Fsp3) is 1.00. The van der Waals surface area contributed by atoms with Crippen LogP contribution in [0.1, 0.15) is 6.92 Å². The average Bonchev–Trinajstić information content (AvgIpc) is 1.12. The molecule has 0 aromatic heterocycles. The Labute approximate surface area is 82.3 Å². The number of hydrogen-bond acceptors (Lipinski definition) is 0. The first-order chi connectivity index (χ1) is 4.00. The Morgan fingerprint density at radius 1 is 0.900 bits per heavy atom. The number of hydrogen-bond donors (Lipinski definition) is 0. The summed E-state index contributed by atoms with van der Waals surface area (Å²) in [6, 6.07) is 0. The zero-order valence-electron chi connectivity index (χ0n) is 4.65. The normalized spacial score (nSPS) is 12.0. The van der Waals surface area contributed by atoms with Crippen molar-refractivity contribution in [3.05, 3.63) is 0 Å². The summed E-state index contributed by atoms with van der Waals surface area (Å²) < 4.78 is 20.0. The highest BCUT2D eigenvalue weighted by atomic mass is 35.6. The minimum atomic E-state index is -3.56. The summed E-state index contributed by atoms with van der Waals surface area (Å²) in [6.07, 6.45) is 0. The molecule has 0 aromatic rings. The summed E-state index contributed by atoms with van der Waals surface area (Å²) in [7, 11) is 0. The quantitative estimate of drug-likeness (QED) is 0.562. The van der Waals surface area contributed by atoms with Gasteiger partial charge in [-0.3, -0.25) is 0 Å². The van der Waals surface area contributed by atoms with E-state index in [0.717, 1.165) is 0 Å². The van der Waals surface area contributed by atoms with Crippen LogP contribution < -0.4 is 0 Å². The molecule has 0 aliphatic carbocycles. The zero-order chi connectivity index (χ0) is 9.00. The molecular weight excluding hydrogens is 251 g/mol. The summed E-state index contributed by atoms with van der Waals surface area (Å²) in [5.41, 5.74) is 0. The van der Waals surface area contributed by atoms with Crippen molar-refractivity contribution in [3.8, 4) is 0 Å². The maximum Gasteiger partial charge on any atom is 0.401 e. The van der Waals surface area contributed by atoms with Crippen LogP contribution in [0, 0.1) is 0 Å². The molecule has 0 aliphatic heterocycles. The lowest BCUT2D eigenvalue weighted by Gasteiger charge is -1.94. The summed E-state index contributed by atoms with van der Waals surface area (Å²) in [5, 5.41) is 0. The molecule has 0 saturated heterocycles. The van der Waals surface area contributed by atoms with Crippen molar-refractivity contribution in [1.29, 1.82) is 0 Å². The minimum absolute atomic E-state index is 1.08. The van der Waals surface area contributed by atoms with Crippen LogP contribution in [0.4, 0.5) is 8.78 Å². The molecule has 0 atom stereocenters. The van der Waals surface area contributed by atoms with Gasteiger partial charge < -0.3 is 0 Å². The van der Waals surface area contributed by atoms with E-state index in [2.05, 4.69) is 23.2 Å². The molecule has 0 aromatic carbocycles. The van der Waals surface area contributed by atoms with E-state index >= 15 is 0 Å². The Kier molecular flexibility index (Phi) is 7.00. The third-order valence-electron chi connectivity index (χ3n) is 0. The van der Waals surface area contributed by atoms with Crippen molar-refractivity contribution in [2.45, 2.75) is 15.6 Å². The molecule has 0 rings (SSSR count). The third kappa shape index (κ3) is 375. The molecule has 7 heteroatoms. The van der Waals surface area contributed by atoms with E-state index in [1.807, 2.05) is 0 Å². The number of halogens is 7. The molecule has 0 radical (unpaired) electrons. The van der Waals surface area contributed by atoms with E-state index in [9.17, 15) is 8.78 Å². The van der Waals surface area contributed by atoms with E-state index in [0.29, 0.717) is 0 Å². The van der Waals surface area contributed by atoms with Crippen LogP contribution in [0.3, 0.4) is 0 Å². The van der Waals surface area contributed by atoms with Crippen molar-refractivity contribution in [1.82, 2.24) is 0 Å². The summed E-state index contributed by atoms with van der Waals surface area (Å²) >= 11 is 23.1. The molecule has 0 unspecified atom stereocenters. The molecule has 64 valence electrons. The zero-order valence-corrected chi connectivity index (χ0v) is 8.43. The molecule has 0 nitrogen and oxygen atoms in total. The second kappa shape index (κ2) is 5.04. The SMILES string of the molecule is CC(Cl)(Cl)Cl.FC(F)(Cl)Cl. The summed E-state index contributed by atoms with van der Waals surface area (Å²) in [6.45, 7) is 1.48. The van der Waals surface area contributed by atoms with Gasteiger partial charge in [0.15, 0.2) is 3.79 Å². The molecule has 0 heterocycles. The first-order valence-corrected chi connectivity index (χ1v) is 3.71. The van der Waals surface area contributed by atoms with E-state index in [1.165, 1.54) is 6.92 Å². The van der Waals surface area contributed by atoms with Gasteiger partial charge in [0.25, 0.3) is 0 Å². The van der Waals surface area contributed by atoms with Crippen LogP contribution >= 0.6 is 58.0 Å². The fourth-order valence-electron chi connectivity index (χ4n) is 0.